The van der Waals surface area contributed by atoms with Crippen molar-refractivity contribution in [3.8, 4) is 11.6 Å². The molecule has 3 N–H and O–H groups in total. The number of nitrogens with one attached hydrogen (secondary N) is 2. The largest absolute Gasteiger partial charge is 0.507 e. The lowest BCUT2D eigenvalue weighted by Crippen LogP contribution is -2.68. The quantitative estimate of drug-likeness (QED) is 0.100. The van der Waals surface area contributed by atoms with Crippen LogP contribution in [0.5, 0.6) is 11.6 Å². The van der Waals surface area contributed by atoms with Crippen LogP contribution in [0, 0.1) is 17.7 Å². The predicted molar refractivity (Wildman–Crippen MR) is 216 cm³/mol. The third-order valence-corrected chi connectivity index (χ3v) is 17.3. The van der Waals surface area contributed by atoms with Crippen molar-refractivity contribution < 1.29 is 37.5 Å². The van der Waals surface area contributed by atoms with E-state index in [1.807, 2.05) is 80.7 Å². The Morgan fingerprint density at radius 1 is 1.00 bits per heavy atom. The number of hydrogen-bond donors (Lipinski definition) is 3. The SMILES string of the molecule is CCN[C@@H]1c2onc(OCc3ccccc3)c2C(=O)C2(O[Si](C)(C)C(C)(C)C)C(=O)C3=C(O)c4c(OCc5ccccc5)cc(C5CCCN5)c(F)c4C[C@H]3C[C@@H]12. The summed E-state index contributed by atoms with van der Waals surface area (Å²) in [4.78, 5) is 31.3. The number of fused-ring (bicyclic) bond motifs is 4. The Morgan fingerprint density at radius 2 is 1.67 bits per heavy atom. The van der Waals surface area contributed by atoms with Crippen molar-refractivity contribution in [1.82, 2.24) is 15.8 Å². The minimum absolute atomic E-state index is 0.0211. The number of Topliss-reactive ketones (excluding diaryl/α,β-unsaturated/α-hetero) is 2. The molecule has 2 unspecified atom stereocenters. The zero-order chi connectivity index (χ0) is 40.3. The molecule has 10 nitrogen and oxygen atoms in total. The summed E-state index contributed by atoms with van der Waals surface area (Å²) in [5, 5.41) is 23.3. The normalized spacial score (nSPS) is 24.5. The molecule has 8 rings (SSSR count). The molecule has 4 aliphatic rings. The van der Waals surface area contributed by atoms with Gasteiger partial charge in [-0.15, -0.1) is 0 Å². The highest BCUT2D eigenvalue weighted by Crippen LogP contribution is 2.58. The number of carbonyl (C=O) groups is 2. The van der Waals surface area contributed by atoms with E-state index < -0.39 is 54.2 Å². The third kappa shape index (κ3) is 6.64. The van der Waals surface area contributed by atoms with Crippen molar-refractivity contribution in [2.45, 2.75) is 102 Å². The molecule has 1 saturated carbocycles. The second-order valence-corrected chi connectivity index (χ2v) is 22.1. The number of benzene rings is 3. The van der Waals surface area contributed by atoms with Gasteiger partial charge in [0.1, 0.15) is 36.1 Å². The molecular weight excluding hydrogens is 742 g/mol. The van der Waals surface area contributed by atoms with E-state index in [-0.39, 0.29) is 71.9 Å². The maximum absolute atomic E-state index is 17.0. The maximum atomic E-state index is 17.0. The van der Waals surface area contributed by atoms with Crippen LogP contribution in [0.1, 0.15) is 103 Å². The topological polar surface area (TPSA) is 132 Å². The van der Waals surface area contributed by atoms with E-state index in [1.165, 1.54) is 0 Å². The smallest absolute Gasteiger partial charge is 0.265 e. The maximum Gasteiger partial charge on any atom is 0.265 e. The van der Waals surface area contributed by atoms with Crippen molar-refractivity contribution in [3.63, 3.8) is 0 Å². The Labute approximate surface area is 334 Å². The molecule has 2 fully saturated rings. The van der Waals surface area contributed by atoms with E-state index in [4.69, 9.17) is 18.4 Å². The van der Waals surface area contributed by atoms with Crippen LogP contribution in [0.2, 0.25) is 18.1 Å². The monoisotopic (exact) mass is 793 g/mol. The Balaban J connectivity index is 1.30. The second kappa shape index (κ2) is 15.0. The van der Waals surface area contributed by atoms with Crippen LogP contribution in [0.3, 0.4) is 0 Å². The number of ketones is 2. The fourth-order valence-corrected chi connectivity index (χ4v) is 10.4. The number of halogens is 1. The van der Waals surface area contributed by atoms with Crippen LogP contribution in [0.4, 0.5) is 4.39 Å². The van der Waals surface area contributed by atoms with Crippen LogP contribution in [0.15, 0.2) is 76.8 Å². The van der Waals surface area contributed by atoms with E-state index in [0.29, 0.717) is 17.7 Å². The number of hydrogen-bond acceptors (Lipinski definition) is 10. The second-order valence-electron chi connectivity index (χ2n) is 17.4. The molecule has 1 saturated heterocycles. The van der Waals surface area contributed by atoms with Gasteiger partial charge in [0.05, 0.1) is 11.6 Å². The summed E-state index contributed by atoms with van der Waals surface area (Å²) >= 11 is 0. The van der Waals surface area contributed by atoms with Crippen molar-refractivity contribution in [3.05, 3.63) is 117 Å². The lowest BCUT2D eigenvalue weighted by atomic mass is 9.57. The highest BCUT2D eigenvalue weighted by Gasteiger charge is 2.68. The number of nitrogens with zero attached hydrogens (tertiary/aromatic N) is 1. The molecule has 2 heterocycles. The number of ether oxygens (including phenoxy) is 2. The lowest BCUT2D eigenvalue weighted by Gasteiger charge is -2.54. The summed E-state index contributed by atoms with van der Waals surface area (Å²) in [6, 6.07) is 19.9. The number of aliphatic hydroxyl groups excluding tert-OH is 1. The van der Waals surface area contributed by atoms with E-state index in [2.05, 4.69) is 36.6 Å². The highest BCUT2D eigenvalue weighted by molar-refractivity contribution is 6.74. The van der Waals surface area contributed by atoms with Gasteiger partial charge in [-0.1, -0.05) is 88.4 Å². The standard InChI is InChI=1S/C45H52FN3O7Si/c1-7-47-38-31-22-28-21-30-35(33(53-24-26-15-10-8-11-16-26)23-29(37(30)46)32-19-14-20-48-32)39(50)34(28)41(51)45(31,56-57(5,6)44(2,3)4)42(52)36-40(38)55-49-43(36)54-25-27-17-12-9-13-18-27/h8-13,15-18,23,28,31-32,38,47-48,50H,7,14,19-22,24-25H2,1-6H3/t28-,31-,32?,38-,45?/m0/s1. The minimum Gasteiger partial charge on any atom is -0.507 e. The van der Waals surface area contributed by atoms with Gasteiger partial charge < -0.3 is 34.2 Å². The summed E-state index contributed by atoms with van der Waals surface area (Å²) < 4.78 is 42.8. The van der Waals surface area contributed by atoms with Gasteiger partial charge in [-0.3, -0.25) is 9.59 Å². The van der Waals surface area contributed by atoms with Gasteiger partial charge >= 0.3 is 0 Å². The minimum atomic E-state index is -2.94. The Kier molecular flexibility index (Phi) is 10.3. The molecule has 4 aromatic rings. The zero-order valence-corrected chi connectivity index (χ0v) is 34.5. The summed E-state index contributed by atoms with van der Waals surface area (Å²) in [7, 11) is -2.94. The van der Waals surface area contributed by atoms with Crippen LogP contribution < -0.4 is 20.1 Å². The van der Waals surface area contributed by atoms with Gasteiger partial charge in [0.15, 0.2) is 19.7 Å². The first-order valence-electron chi connectivity index (χ1n) is 20.1. The van der Waals surface area contributed by atoms with E-state index in [9.17, 15) is 5.11 Å². The predicted octanol–water partition coefficient (Wildman–Crippen LogP) is 8.73. The van der Waals surface area contributed by atoms with Crippen molar-refractivity contribution in [2.24, 2.45) is 11.8 Å². The Bertz CT molecular complexity index is 2210. The molecule has 1 aromatic heterocycles. The molecule has 0 amide bonds. The van der Waals surface area contributed by atoms with Gasteiger partial charge in [-0.05, 0) is 85.2 Å². The number of aromatic nitrogens is 1. The van der Waals surface area contributed by atoms with Crippen molar-refractivity contribution in [2.75, 3.05) is 13.1 Å². The molecular formula is C45H52FN3O7Si. The molecule has 300 valence electrons. The molecule has 0 bridgehead atoms. The molecule has 57 heavy (non-hydrogen) atoms. The average Bonchev–Trinajstić information content (AvgIpc) is 3.88. The molecule has 5 atom stereocenters. The number of rotatable bonds is 11. The number of carbonyl (C=O) groups excluding carboxylic acids is 2. The fraction of sp³-hybridized carbons (Fsp3) is 0.444. The van der Waals surface area contributed by atoms with Crippen molar-refractivity contribution in [1.29, 1.82) is 0 Å². The van der Waals surface area contributed by atoms with E-state index in [0.717, 1.165) is 30.5 Å². The lowest BCUT2D eigenvalue weighted by molar-refractivity contribution is -0.138. The third-order valence-electron chi connectivity index (χ3n) is 12.8. The first kappa shape index (κ1) is 39.2. The van der Waals surface area contributed by atoms with Crippen LogP contribution in [-0.4, -0.2) is 48.8 Å². The summed E-state index contributed by atoms with van der Waals surface area (Å²) in [5.41, 5.74) is 0.750. The fourth-order valence-electron chi connectivity index (χ4n) is 8.95. The zero-order valence-electron chi connectivity index (χ0n) is 33.5. The van der Waals surface area contributed by atoms with Crippen molar-refractivity contribution >= 4 is 25.6 Å². The Morgan fingerprint density at radius 3 is 2.28 bits per heavy atom. The summed E-state index contributed by atoms with van der Waals surface area (Å²) in [5.74, 6) is -2.86. The molecule has 12 heteroatoms. The van der Waals surface area contributed by atoms with Gasteiger partial charge in [-0.2, -0.15) is 0 Å². The average molecular weight is 794 g/mol. The highest BCUT2D eigenvalue weighted by atomic mass is 28.4. The molecule has 0 spiro atoms. The summed E-state index contributed by atoms with van der Waals surface area (Å²) in [6.45, 7) is 13.7. The summed E-state index contributed by atoms with van der Waals surface area (Å²) in [6.07, 6.45) is 2.03. The van der Waals surface area contributed by atoms with Gasteiger partial charge in [-0.25, -0.2) is 4.39 Å². The molecule has 1 aliphatic heterocycles. The van der Waals surface area contributed by atoms with Crippen LogP contribution in [0.25, 0.3) is 5.76 Å². The number of aliphatic hydroxyl groups is 1. The van der Waals surface area contributed by atoms with Gasteiger partial charge in [0.25, 0.3) is 5.88 Å². The van der Waals surface area contributed by atoms with E-state index >= 15 is 14.0 Å². The first-order valence-corrected chi connectivity index (χ1v) is 23.1. The van der Waals surface area contributed by atoms with Gasteiger partial charge in [0, 0.05) is 28.7 Å². The molecule has 0 radical (unpaired) electrons. The van der Waals surface area contributed by atoms with Gasteiger partial charge in [0.2, 0.25) is 11.6 Å². The molecule has 3 aromatic carbocycles. The van der Waals surface area contributed by atoms with Crippen LogP contribution >= 0.6 is 0 Å². The molecule has 3 aliphatic carbocycles. The first-order chi connectivity index (χ1) is 27.3. The Hall–Kier alpha value is -4.62. The van der Waals surface area contributed by atoms with E-state index in [1.54, 1.807) is 6.07 Å². The van der Waals surface area contributed by atoms with Crippen LogP contribution in [-0.2, 0) is 28.9 Å².